The van der Waals surface area contributed by atoms with Crippen molar-refractivity contribution in [1.29, 1.82) is 0 Å². The Morgan fingerprint density at radius 3 is 2.13 bits per heavy atom. The third-order valence-electron chi connectivity index (χ3n) is 4.51. The lowest BCUT2D eigenvalue weighted by molar-refractivity contribution is -0.122. The molecule has 0 spiro atoms. The Kier molecular flexibility index (Phi) is 7.44. The Morgan fingerprint density at radius 1 is 0.933 bits per heavy atom. The minimum absolute atomic E-state index is 0.0991. The zero-order valence-corrected chi connectivity index (χ0v) is 16.8. The first kappa shape index (κ1) is 20.9. The Morgan fingerprint density at radius 2 is 1.57 bits per heavy atom. The number of carbonyl (C=O) groups excluding carboxylic acids is 2. The average molecular weight is 400 g/mol. The molecule has 0 bridgehead atoms. The molecule has 0 aliphatic heterocycles. The van der Waals surface area contributed by atoms with Gasteiger partial charge >= 0.3 is 0 Å². The summed E-state index contributed by atoms with van der Waals surface area (Å²) in [6.45, 7) is 2.11. The highest BCUT2D eigenvalue weighted by atomic mass is 16.2. The second-order valence-electron chi connectivity index (χ2n) is 6.89. The van der Waals surface area contributed by atoms with Crippen molar-refractivity contribution in [2.45, 2.75) is 25.8 Å². The van der Waals surface area contributed by atoms with Crippen molar-refractivity contribution in [3.63, 3.8) is 0 Å². The third kappa shape index (κ3) is 6.10. The molecule has 0 atom stereocenters. The van der Waals surface area contributed by atoms with Crippen LogP contribution in [0.25, 0.3) is 0 Å². The van der Waals surface area contributed by atoms with Crippen LogP contribution in [0.1, 0.15) is 36.0 Å². The summed E-state index contributed by atoms with van der Waals surface area (Å²) >= 11 is 0. The van der Waals surface area contributed by atoms with E-state index in [1.165, 1.54) is 0 Å². The van der Waals surface area contributed by atoms with Gasteiger partial charge < -0.3 is 5.32 Å². The summed E-state index contributed by atoms with van der Waals surface area (Å²) in [5, 5.41) is 6.95. The van der Waals surface area contributed by atoms with E-state index in [-0.39, 0.29) is 18.2 Å². The van der Waals surface area contributed by atoms with Crippen molar-refractivity contribution < 1.29 is 9.59 Å². The first-order valence-electron chi connectivity index (χ1n) is 9.72. The van der Waals surface area contributed by atoms with Crippen LogP contribution in [0.2, 0.25) is 0 Å². The molecule has 0 saturated heterocycles. The third-order valence-corrected chi connectivity index (χ3v) is 4.51. The summed E-state index contributed by atoms with van der Waals surface area (Å²) < 4.78 is 0. The van der Waals surface area contributed by atoms with Crippen LogP contribution in [0.3, 0.4) is 0 Å². The highest BCUT2D eigenvalue weighted by Gasteiger charge is 2.22. The summed E-state index contributed by atoms with van der Waals surface area (Å²) in [6, 6.07) is 22.8. The van der Waals surface area contributed by atoms with E-state index in [0.717, 1.165) is 16.7 Å². The molecule has 0 saturated carbocycles. The van der Waals surface area contributed by atoms with E-state index in [1.807, 2.05) is 72.8 Å². The second-order valence-corrected chi connectivity index (χ2v) is 6.89. The summed E-state index contributed by atoms with van der Waals surface area (Å²) in [6.07, 6.45) is 3.49. The van der Waals surface area contributed by atoms with E-state index in [2.05, 4.69) is 20.8 Å². The molecular formula is C24H24N4O2. The summed E-state index contributed by atoms with van der Waals surface area (Å²) in [7, 11) is 0. The lowest BCUT2D eigenvalue weighted by Crippen LogP contribution is -2.29. The fraction of sp³-hybridized carbons (Fsp3) is 0.167. The second kappa shape index (κ2) is 10.7. The number of benzene rings is 2. The van der Waals surface area contributed by atoms with E-state index in [1.54, 1.807) is 19.3 Å². The maximum Gasteiger partial charge on any atom is 0.252 e. The number of aromatic nitrogens is 1. The Hall–Kier alpha value is -3.80. The van der Waals surface area contributed by atoms with Crippen LogP contribution < -0.4 is 10.7 Å². The number of pyridine rings is 1. The van der Waals surface area contributed by atoms with Gasteiger partial charge in [-0.25, -0.2) is 5.43 Å². The maximum atomic E-state index is 12.9. The number of carbonyl (C=O) groups is 2. The topological polar surface area (TPSA) is 83.4 Å². The fourth-order valence-electron chi connectivity index (χ4n) is 3.04. The molecule has 6 heteroatoms. The molecule has 0 aliphatic rings. The lowest BCUT2D eigenvalue weighted by Gasteiger charge is -2.16. The highest BCUT2D eigenvalue weighted by molar-refractivity contribution is 6.00. The number of amides is 2. The van der Waals surface area contributed by atoms with Gasteiger partial charge in [-0.2, -0.15) is 5.10 Å². The molecule has 2 amide bonds. The summed E-state index contributed by atoms with van der Waals surface area (Å²) in [5.74, 6) is -0.900. The van der Waals surface area contributed by atoms with Crippen LogP contribution in [-0.4, -0.2) is 22.5 Å². The number of nitrogens with zero attached hydrogens (tertiary/aromatic N) is 2. The predicted octanol–water partition coefficient (Wildman–Crippen LogP) is 3.41. The van der Waals surface area contributed by atoms with E-state index in [0.29, 0.717) is 12.3 Å². The van der Waals surface area contributed by atoms with Crippen LogP contribution in [0.15, 0.2) is 90.3 Å². The van der Waals surface area contributed by atoms with Crippen molar-refractivity contribution in [3.8, 4) is 0 Å². The molecule has 1 aromatic heterocycles. The van der Waals surface area contributed by atoms with Crippen molar-refractivity contribution in [2.24, 2.45) is 5.10 Å². The average Bonchev–Trinajstić information content (AvgIpc) is 2.79. The van der Waals surface area contributed by atoms with Gasteiger partial charge in [0.2, 0.25) is 5.91 Å². The predicted molar refractivity (Wildman–Crippen MR) is 117 cm³/mol. The Balaban J connectivity index is 1.61. The zero-order valence-electron chi connectivity index (χ0n) is 16.8. The molecule has 0 radical (unpaired) electrons. The van der Waals surface area contributed by atoms with Gasteiger partial charge in [0.15, 0.2) is 0 Å². The first-order valence-corrected chi connectivity index (χ1v) is 9.72. The van der Waals surface area contributed by atoms with Gasteiger partial charge in [-0.1, -0.05) is 66.7 Å². The molecule has 0 unspecified atom stereocenters. The van der Waals surface area contributed by atoms with E-state index < -0.39 is 5.92 Å². The largest absolute Gasteiger partial charge is 0.352 e. The molecule has 2 N–H and O–H groups in total. The highest BCUT2D eigenvalue weighted by Crippen LogP contribution is 2.24. The van der Waals surface area contributed by atoms with Crippen molar-refractivity contribution in [1.82, 2.24) is 15.7 Å². The standard InChI is InChI=1S/C24H24N4O2/c1-18(15-22(29)26-17-19-9-8-14-25-16-19)27-28-24(30)23(20-10-4-2-5-11-20)21-12-6-3-7-13-21/h2-14,16,23H,15,17H2,1H3,(H,26,29)(H,28,30). The van der Waals surface area contributed by atoms with E-state index >= 15 is 0 Å². The van der Waals surface area contributed by atoms with Gasteiger partial charge in [-0.15, -0.1) is 0 Å². The number of hydrogen-bond acceptors (Lipinski definition) is 4. The van der Waals surface area contributed by atoms with Gasteiger partial charge in [-0.05, 0) is 29.7 Å². The molecule has 2 aromatic carbocycles. The Bertz CT molecular complexity index is 950. The van der Waals surface area contributed by atoms with Gasteiger partial charge in [0.1, 0.15) is 0 Å². The fourth-order valence-corrected chi connectivity index (χ4v) is 3.04. The van der Waals surface area contributed by atoms with Gasteiger partial charge in [0.05, 0.1) is 12.3 Å². The smallest absolute Gasteiger partial charge is 0.252 e. The van der Waals surface area contributed by atoms with Gasteiger partial charge in [0.25, 0.3) is 5.91 Å². The number of nitrogens with one attached hydrogen (secondary N) is 2. The molecule has 30 heavy (non-hydrogen) atoms. The number of hydrazone groups is 1. The molecule has 0 fully saturated rings. The minimum atomic E-state index is -0.483. The molecule has 0 aliphatic carbocycles. The van der Waals surface area contributed by atoms with Crippen LogP contribution >= 0.6 is 0 Å². The van der Waals surface area contributed by atoms with Gasteiger partial charge in [-0.3, -0.25) is 14.6 Å². The quantitative estimate of drug-likeness (QED) is 0.449. The SMILES string of the molecule is CC(CC(=O)NCc1cccnc1)=NNC(=O)C(c1ccccc1)c1ccccc1. The normalized spacial score (nSPS) is 11.2. The van der Waals surface area contributed by atoms with Crippen molar-refractivity contribution in [3.05, 3.63) is 102 Å². The number of hydrogen-bond donors (Lipinski definition) is 2. The summed E-state index contributed by atoms with van der Waals surface area (Å²) in [5.41, 5.74) is 5.81. The van der Waals surface area contributed by atoms with Crippen molar-refractivity contribution >= 4 is 17.5 Å². The Labute approximate surface area is 176 Å². The first-order chi connectivity index (χ1) is 14.6. The monoisotopic (exact) mass is 400 g/mol. The molecule has 3 rings (SSSR count). The summed E-state index contributed by atoms with van der Waals surface area (Å²) in [4.78, 5) is 29.1. The molecule has 6 nitrogen and oxygen atoms in total. The van der Waals surface area contributed by atoms with Crippen LogP contribution in [0.4, 0.5) is 0 Å². The van der Waals surface area contributed by atoms with Crippen molar-refractivity contribution in [2.75, 3.05) is 0 Å². The molecule has 1 heterocycles. The van der Waals surface area contributed by atoms with Crippen LogP contribution in [0.5, 0.6) is 0 Å². The zero-order chi connectivity index (χ0) is 21.2. The number of rotatable bonds is 8. The van der Waals surface area contributed by atoms with Crippen LogP contribution in [0, 0.1) is 0 Å². The minimum Gasteiger partial charge on any atom is -0.352 e. The maximum absolute atomic E-state index is 12.9. The molecule has 3 aromatic rings. The molecule has 152 valence electrons. The lowest BCUT2D eigenvalue weighted by atomic mass is 9.91. The van der Waals surface area contributed by atoms with E-state index in [4.69, 9.17) is 0 Å². The van der Waals surface area contributed by atoms with Gasteiger partial charge in [0, 0.05) is 24.7 Å². The molecular weight excluding hydrogens is 376 g/mol. The van der Waals surface area contributed by atoms with E-state index in [9.17, 15) is 9.59 Å². The van der Waals surface area contributed by atoms with Crippen LogP contribution in [-0.2, 0) is 16.1 Å².